The zero-order valence-corrected chi connectivity index (χ0v) is 17.5. The minimum Gasteiger partial charge on any atom is -0.494 e. The lowest BCUT2D eigenvalue weighted by atomic mass is 10.1. The Kier molecular flexibility index (Phi) is 7.58. The fourth-order valence-corrected chi connectivity index (χ4v) is 3.44. The number of nitrogens with one attached hydrogen (secondary N) is 1. The van der Waals surface area contributed by atoms with Gasteiger partial charge in [-0.1, -0.05) is 42.5 Å². The van der Waals surface area contributed by atoms with Crippen LogP contribution < -0.4 is 14.8 Å². The van der Waals surface area contributed by atoms with E-state index in [4.69, 9.17) is 9.47 Å². The molecule has 0 radical (unpaired) electrons. The Bertz CT molecular complexity index is 908. The molecule has 0 fully saturated rings. The first-order valence-corrected chi connectivity index (χ1v) is 10.5. The smallest absolute Gasteiger partial charge is 0.230 e. The molecule has 0 spiro atoms. The van der Waals surface area contributed by atoms with Crippen LogP contribution in [0.5, 0.6) is 11.5 Å². The minimum atomic E-state index is -0.121. The maximum atomic E-state index is 12.2. The Labute approximate surface area is 174 Å². The normalized spacial score (nSPS) is 10.6. The number of ether oxygens (including phenoxy) is 2. The highest BCUT2D eigenvalue weighted by molar-refractivity contribution is 7.15. The summed E-state index contributed by atoms with van der Waals surface area (Å²) in [4.78, 5) is 12.2. The third-order valence-electron chi connectivity index (χ3n) is 4.23. The largest absolute Gasteiger partial charge is 0.494 e. The van der Waals surface area contributed by atoms with Crippen LogP contribution in [-0.2, 0) is 24.1 Å². The Morgan fingerprint density at radius 1 is 0.931 bits per heavy atom. The molecule has 1 aromatic heterocycles. The molecule has 0 saturated carbocycles. The fourth-order valence-electron chi connectivity index (χ4n) is 2.70. The van der Waals surface area contributed by atoms with Gasteiger partial charge in [-0.2, -0.15) is 0 Å². The van der Waals surface area contributed by atoms with Crippen molar-refractivity contribution in [3.8, 4) is 11.5 Å². The number of hydrogen-bond donors (Lipinski definition) is 1. The molecule has 0 aliphatic rings. The molecule has 6 nitrogen and oxygen atoms in total. The van der Waals surface area contributed by atoms with Crippen LogP contribution in [0.3, 0.4) is 0 Å². The molecule has 1 heterocycles. The standard InChI is InChI=1S/C22H25N3O3S/c1-3-16-5-9-19(10-6-16)28-14-13-21-24-25-22(29-21)23-20(26)15-17-7-11-18(12-8-17)27-4-2/h5-12H,3-4,13-15H2,1-2H3,(H,23,25,26). The maximum Gasteiger partial charge on any atom is 0.230 e. The van der Waals surface area contributed by atoms with Crippen molar-refractivity contribution >= 4 is 22.4 Å². The van der Waals surface area contributed by atoms with Gasteiger partial charge in [0.25, 0.3) is 0 Å². The van der Waals surface area contributed by atoms with Gasteiger partial charge in [0.05, 0.1) is 19.6 Å². The number of aryl methyl sites for hydroxylation is 1. The first kappa shape index (κ1) is 20.8. The van der Waals surface area contributed by atoms with Crippen molar-refractivity contribution in [2.75, 3.05) is 18.5 Å². The number of rotatable bonds is 10. The quantitative estimate of drug-likeness (QED) is 0.538. The summed E-state index contributed by atoms with van der Waals surface area (Å²) in [6.07, 6.45) is 1.93. The monoisotopic (exact) mass is 411 g/mol. The van der Waals surface area contributed by atoms with E-state index in [0.717, 1.165) is 28.5 Å². The second-order valence-electron chi connectivity index (χ2n) is 6.40. The summed E-state index contributed by atoms with van der Waals surface area (Å²) in [7, 11) is 0. The molecule has 29 heavy (non-hydrogen) atoms. The molecule has 3 rings (SSSR count). The SMILES string of the molecule is CCOc1ccc(CC(=O)Nc2nnc(CCOc3ccc(CC)cc3)s2)cc1. The number of anilines is 1. The molecule has 7 heteroatoms. The number of hydrogen-bond acceptors (Lipinski definition) is 6. The molecule has 0 saturated heterocycles. The van der Waals surface area contributed by atoms with E-state index in [1.54, 1.807) is 0 Å². The molecule has 2 aromatic carbocycles. The minimum absolute atomic E-state index is 0.121. The van der Waals surface area contributed by atoms with E-state index in [2.05, 4.69) is 34.6 Å². The third kappa shape index (κ3) is 6.57. The molecule has 0 aliphatic heterocycles. The summed E-state index contributed by atoms with van der Waals surface area (Å²) in [6.45, 7) is 5.20. The van der Waals surface area contributed by atoms with Crippen molar-refractivity contribution in [2.24, 2.45) is 0 Å². The lowest BCUT2D eigenvalue weighted by Gasteiger charge is -2.05. The van der Waals surface area contributed by atoms with Gasteiger partial charge in [0.1, 0.15) is 16.5 Å². The summed E-state index contributed by atoms with van der Waals surface area (Å²) in [5.41, 5.74) is 2.20. The molecule has 0 aliphatic carbocycles. The number of benzene rings is 2. The highest BCUT2D eigenvalue weighted by Crippen LogP contribution is 2.18. The van der Waals surface area contributed by atoms with Crippen molar-refractivity contribution in [2.45, 2.75) is 33.1 Å². The fraction of sp³-hybridized carbons (Fsp3) is 0.318. The van der Waals surface area contributed by atoms with Gasteiger partial charge in [0.2, 0.25) is 11.0 Å². The van der Waals surface area contributed by atoms with E-state index in [-0.39, 0.29) is 12.3 Å². The summed E-state index contributed by atoms with van der Waals surface area (Å²) in [6, 6.07) is 15.6. The second-order valence-corrected chi connectivity index (χ2v) is 7.46. The molecule has 0 atom stereocenters. The van der Waals surface area contributed by atoms with Crippen molar-refractivity contribution in [3.05, 3.63) is 64.7 Å². The van der Waals surface area contributed by atoms with E-state index in [9.17, 15) is 4.79 Å². The summed E-state index contributed by atoms with van der Waals surface area (Å²) in [5.74, 6) is 1.52. The highest BCUT2D eigenvalue weighted by Gasteiger charge is 2.09. The average Bonchev–Trinajstić information content (AvgIpc) is 3.17. The van der Waals surface area contributed by atoms with E-state index in [1.807, 2.05) is 43.3 Å². The van der Waals surface area contributed by atoms with Crippen LogP contribution in [0.25, 0.3) is 0 Å². The van der Waals surface area contributed by atoms with Crippen LogP contribution in [-0.4, -0.2) is 29.3 Å². The van der Waals surface area contributed by atoms with Gasteiger partial charge in [0.15, 0.2) is 0 Å². The van der Waals surface area contributed by atoms with E-state index in [0.29, 0.717) is 24.8 Å². The van der Waals surface area contributed by atoms with Gasteiger partial charge < -0.3 is 14.8 Å². The molecule has 1 amide bonds. The van der Waals surface area contributed by atoms with Crippen LogP contribution in [0.1, 0.15) is 30.0 Å². The van der Waals surface area contributed by atoms with Crippen molar-refractivity contribution in [3.63, 3.8) is 0 Å². The van der Waals surface area contributed by atoms with Gasteiger partial charge in [-0.05, 0) is 48.7 Å². The van der Waals surface area contributed by atoms with E-state index >= 15 is 0 Å². The zero-order chi connectivity index (χ0) is 20.5. The van der Waals surface area contributed by atoms with Gasteiger partial charge in [0, 0.05) is 6.42 Å². The Morgan fingerprint density at radius 3 is 2.24 bits per heavy atom. The predicted octanol–water partition coefficient (Wildman–Crippen LogP) is 4.30. The van der Waals surface area contributed by atoms with Crippen LogP contribution >= 0.6 is 11.3 Å². The molecule has 3 aromatic rings. The zero-order valence-electron chi connectivity index (χ0n) is 16.7. The molecule has 152 valence electrons. The number of carbonyl (C=O) groups is 1. The molecular weight excluding hydrogens is 386 g/mol. The highest BCUT2D eigenvalue weighted by atomic mass is 32.1. The van der Waals surface area contributed by atoms with Gasteiger partial charge in [-0.3, -0.25) is 4.79 Å². The lowest BCUT2D eigenvalue weighted by Crippen LogP contribution is -2.14. The number of nitrogens with zero attached hydrogens (tertiary/aromatic N) is 2. The van der Waals surface area contributed by atoms with Crippen molar-refractivity contribution in [1.82, 2.24) is 10.2 Å². The Morgan fingerprint density at radius 2 is 1.59 bits per heavy atom. The molecule has 1 N–H and O–H groups in total. The van der Waals surface area contributed by atoms with E-state index in [1.165, 1.54) is 16.9 Å². The average molecular weight is 412 g/mol. The number of aromatic nitrogens is 2. The molecule has 0 bridgehead atoms. The molecular formula is C22H25N3O3S. The van der Waals surface area contributed by atoms with Crippen LogP contribution in [0.2, 0.25) is 0 Å². The molecule has 0 unspecified atom stereocenters. The predicted molar refractivity (Wildman–Crippen MR) is 115 cm³/mol. The van der Waals surface area contributed by atoms with Crippen molar-refractivity contribution < 1.29 is 14.3 Å². The first-order chi connectivity index (χ1) is 14.2. The van der Waals surface area contributed by atoms with Gasteiger partial charge in [-0.25, -0.2) is 0 Å². The summed E-state index contributed by atoms with van der Waals surface area (Å²) < 4.78 is 11.2. The third-order valence-corrected chi connectivity index (χ3v) is 5.13. The lowest BCUT2D eigenvalue weighted by molar-refractivity contribution is -0.115. The summed E-state index contributed by atoms with van der Waals surface area (Å²) >= 11 is 1.37. The van der Waals surface area contributed by atoms with Gasteiger partial charge >= 0.3 is 0 Å². The summed E-state index contributed by atoms with van der Waals surface area (Å²) in [5, 5.41) is 12.3. The Hall–Kier alpha value is -2.93. The Balaban J connectivity index is 1.43. The number of amides is 1. The van der Waals surface area contributed by atoms with Crippen LogP contribution in [0.15, 0.2) is 48.5 Å². The number of carbonyl (C=O) groups excluding carboxylic acids is 1. The van der Waals surface area contributed by atoms with E-state index < -0.39 is 0 Å². The van der Waals surface area contributed by atoms with Gasteiger partial charge in [-0.15, -0.1) is 10.2 Å². The van der Waals surface area contributed by atoms with Crippen LogP contribution in [0.4, 0.5) is 5.13 Å². The maximum absolute atomic E-state index is 12.2. The van der Waals surface area contributed by atoms with Crippen molar-refractivity contribution in [1.29, 1.82) is 0 Å². The first-order valence-electron chi connectivity index (χ1n) is 9.72. The topological polar surface area (TPSA) is 73.3 Å². The second kappa shape index (κ2) is 10.6. The van der Waals surface area contributed by atoms with Crippen LogP contribution in [0, 0.1) is 0 Å².